The molecule has 0 heterocycles. The molecule has 0 aliphatic heterocycles. The van der Waals surface area contributed by atoms with Gasteiger partial charge in [-0.1, -0.05) is 12.1 Å². The molecule has 118 valence electrons. The van der Waals surface area contributed by atoms with Gasteiger partial charge < -0.3 is 14.4 Å². The first-order valence-electron chi connectivity index (χ1n) is 6.85. The normalized spacial score (nSPS) is 8.26. The van der Waals surface area contributed by atoms with Crippen LogP contribution in [0.15, 0.2) is 84.9 Å². The Hall–Kier alpha value is -0.977. The second kappa shape index (κ2) is 13.5. The quantitative estimate of drug-likeness (QED) is 0.256. The zero-order valence-electron chi connectivity index (χ0n) is 13.7. The second-order valence-electron chi connectivity index (χ2n) is 4.31. The van der Waals surface area contributed by atoms with Crippen LogP contribution in [0.4, 0.5) is 0 Å². The molecule has 0 unspecified atom stereocenters. The number of rotatable bonds is 0. The summed E-state index contributed by atoms with van der Waals surface area (Å²) in [6.07, 6.45) is 0. The SMILES string of the molecule is Br.[CH2-]C.[CH3-].[Zr+4].c1ccc2[cH-]ccc2c1.c1ccc2[cH-]ccc2c1. The van der Waals surface area contributed by atoms with Crippen molar-refractivity contribution in [2.24, 2.45) is 0 Å². The molecule has 4 rings (SSSR count). The third-order valence-electron chi connectivity index (χ3n) is 3.10. The Kier molecular flexibility index (Phi) is 14.2. The molecular weight excluding hydrogens is 423 g/mol. The molecule has 4 aromatic rings. The summed E-state index contributed by atoms with van der Waals surface area (Å²) in [6, 6.07) is 29.3. The van der Waals surface area contributed by atoms with Crippen LogP contribution in [0.5, 0.6) is 0 Å². The van der Waals surface area contributed by atoms with Crippen molar-refractivity contribution in [3.05, 3.63) is 99.3 Å². The molecule has 0 amide bonds. The molecule has 0 aliphatic carbocycles. The molecule has 0 spiro atoms. The van der Waals surface area contributed by atoms with Crippen LogP contribution in [0.3, 0.4) is 0 Å². The van der Waals surface area contributed by atoms with Crippen molar-refractivity contribution >= 4 is 38.5 Å². The molecule has 4 aromatic carbocycles. The van der Waals surface area contributed by atoms with Gasteiger partial charge in [-0.05, 0) is 0 Å². The van der Waals surface area contributed by atoms with Crippen LogP contribution in [0.2, 0.25) is 0 Å². The number of fused-ring (bicyclic) bond motifs is 2. The molecular formula is C21H23BrZr. The van der Waals surface area contributed by atoms with Crippen molar-refractivity contribution in [1.82, 2.24) is 0 Å². The Labute approximate surface area is 170 Å². The summed E-state index contributed by atoms with van der Waals surface area (Å²) < 4.78 is 0. The van der Waals surface area contributed by atoms with Gasteiger partial charge in [0.25, 0.3) is 0 Å². The Bertz CT molecular complexity index is 626. The number of benzene rings is 2. The minimum absolute atomic E-state index is 0. The number of halogens is 1. The summed E-state index contributed by atoms with van der Waals surface area (Å²) >= 11 is 0. The van der Waals surface area contributed by atoms with Crippen molar-refractivity contribution < 1.29 is 26.2 Å². The van der Waals surface area contributed by atoms with E-state index in [1.165, 1.54) is 21.5 Å². The molecule has 0 radical (unpaired) electrons. The molecule has 0 N–H and O–H groups in total. The van der Waals surface area contributed by atoms with Crippen LogP contribution in [0.25, 0.3) is 21.5 Å². The predicted molar refractivity (Wildman–Crippen MR) is 107 cm³/mol. The van der Waals surface area contributed by atoms with Gasteiger partial charge in [0.1, 0.15) is 0 Å². The third kappa shape index (κ3) is 6.98. The van der Waals surface area contributed by atoms with E-state index in [1.54, 1.807) is 6.92 Å². The topological polar surface area (TPSA) is 0 Å². The summed E-state index contributed by atoms with van der Waals surface area (Å²) in [5, 5.41) is 5.32. The molecule has 0 saturated carbocycles. The van der Waals surface area contributed by atoms with Crippen LogP contribution >= 0.6 is 17.0 Å². The van der Waals surface area contributed by atoms with Gasteiger partial charge in [-0.3, -0.25) is 0 Å². The Morgan fingerprint density at radius 2 is 1.00 bits per heavy atom. The average molecular weight is 447 g/mol. The monoisotopic (exact) mass is 444 g/mol. The summed E-state index contributed by atoms with van der Waals surface area (Å²) in [5.74, 6) is 0. The predicted octanol–water partition coefficient (Wildman–Crippen LogP) is 6.98. The van der Waals surface area contributed by atoms with Crippen LogP contribution in [0.1, 0.15) is 6.92 Å². The van der Waals surface area contributed by atoms with Crippen molar-refractivity contribution in [3.8, 4) is 0 Å². The molecule has 0 nitrogen and oxygen atoms in total. The number of hydrogen-bond donors (Lipinski definition) is 0. The van der Waals surface area contributed by atoms with E-state index in [2.05, 4.69) is 91.9 Å². The van der Waals surface area contributed by atoms with E-state index in [0.29, 0.717) is 0 Å². The van der Waals surface area contributed by atoms with E-state index in [4.69, 9.17) is 0 Å². The van der Waals surface area contributed by atoms with Gasteiger partial charge in [-0.25, -0.2) is 0 Å². The molecule has 23 heavy (non-hydrogen) atoms. The van der Waals surface area contributed by atoms with Crippen LogP contribution in [-0.4, -0.2) is 0 Å². The van der Waals surface area contributed by atoms with E-state index in [0.717, 1.165) is 0 Å². The van der Waals surface area contributed by atoms with E-state index >= 15 is 0 Å². The second-order valence-corrected chi connectivity index (χ2v) is 4.31. The largest absolute Gasteiger partial charge is 4.00 e. The number of hydrogen-bond acceptors (Lipinski definition) is 0. The minimum atomic E-state index is 0. The van der Waals surface area contributed by atoms with Gasteiger partial charge in [0.05, 0.1) is 0 Å². The fourth-order valence-corrected chi connectivity index (χ4v) is 2.14. The van der Waals surface area contributed by atoms with Crippen molar-refractivity contribution in [1.29, 1.82) is 0 Å². The van der Waals surface area contributed by atoms with Crippen LogP contribution < -0.4 is 0 Å². The zero-order valence-corrected chi connectivity index (χ0v) is 17.9. The zero-order chi connectivity index (χ0) is 14.2. The van der Waals surface area contributed by atoms with Crippen LogP contribution in [0, 0.1) is 14.4 Å². The van der Waals surface area contributed by atoms with Gasteiger partial charge in [-0.15, -0.1) is 76.3 Å². The Balaban J connectivity index is 0. The molecule has 2 heteroatoms. The maximum Gasteiger partial charge on any atom is 4.00 e. The fraction of sp³-hybridized carbons (Fsp3) is 0.0476. The maximum absolute atomic E-state index is 3.25. The maximum atomic E-state index is 3.25. The summed E-state index contributed by atoms with van der Waals surface area (Å²) in [6.45, 7) is 5.00. The third-order valence-corrected chi connectivity index (χ3v) is 3.10. The van der Waals surface area contributed by atoms with Crippen molar-refractivity contribution in [2.75, 3.05) is 0 Å². The molecule has 0 aliphatic rings. The van der Waals surface area contributed by atoms with Gasteiger partial charge >= 0.3 is 26.2 Å². The molecule has 0 bridgehead atoms. The minimum Gasteiger partial charge on any atom is -0.358 e. The smallest absolute Gasteiger partial charge is 0.358 e. The van der Waals surface area contributed by atoms with Crippen LogP contribution in [-0.2, 0) is 26.2 Å². The van der Waals surface area contributed by atoms with Gasteiger partial charge in [0.2, 0.25) is 0 Å². The summed E-state index contributed by atoms with van der Waals surface area (Å²) in [5.41, 5.74) is 0. The summed E-state index contributed by atoms with van der Waals surface area (Å²) in [4.78, 5) is 0. The van der Waals surface area contributed by atoms with Crippen molar-refractivity contribution in [3.63, 3.8) is 0 Å². The van der Waals surface area contributed by atoms with Gasteiger partial charge in [0.15, 0.2) is 0 Å². The van der Waals surface area contributed by atoms with E-state index < -0.39 is 0 Å². The first-order valence-corrected chi connectivity index (χ1v) is 6.85. The first-order chi connectivity index (χ1) is 9.93. The molecule has 0 fully saturated rings. The van der Waals surface area contributed by atoms with E-state index in [9.17, 15) is 0 Å². The molecule has 0 saturated heterocycles. The summed E-state index contributed by atoms with van der Waals surface area (Å²) in [7, 11) is 0. The average Bonchev–Trinajstić information content (AvgIpc) is 3.18. The van der Waals surface area contributed by atoms with Gasteiger partial charge in [-0.2, -0.15) is 42.0 Å². The van der Waals surface area contributed by atoms with Gasteiger partial charge in [0, 0.05) is 0 Å². The Morgan fingerprint density at radius 1 is 0.652 bits per heavy atom. The Morgan fingerprint density at radius 3 is 1.35 bits per heavy atom. The standard InChI is InChI=1S/2C9H7.C2H5.CH3.BrH.Zr/c2*1-2-5-9-7-3-6-8(9)4-1;1-2;;;/h2*1-7H;1H2,2H3;1H3;1H;/q4*-1;;+4. The fourth-order valence-electron chi connectivity index (χ4n) is 2.14. The van der Waals surface area contributed by atoms with E-state index in [1.807, 2.05) is 0 Å². The first kappa shape index (κ1) is 24.3. The van der Waals surface area contributed by atoms with E-state index in [-0.39, 0.29) is 50.6 Å². The molecule has 0 atom stereocenters. The molecule has 0 aromatic heterocycles. The van der Waals surface area contributed by atoms with Crippen molar-refractivity contribution in [2.45, 2.75) is 6.92 Å².